The summed E-state index contributed by atoms with van der Waals surface area (Å²) >= 11 is 0. The second-order valence-corrected chi connectivity index (χ2v) is 6.75. The fourth-order valence-corrected chi connectivity index (χ4v) is 3.12. The van der Waals surface area contributed by atoms with Crippen LogP contribution in [0.2, 0.25) is 0 Å². The molecule has 1 atom stereocenters. The molecule has 0 aliphatic rings. The number of hydrogen-bond donors (Lipinski definition) is 0. The monoisotopic (exact) mass is 358 g/mol. The molecule has 0 aliphatic heterocycles. The van der Waals surface area contributed by atoms with Crippen molar-refractivity contribution in [2.45, 2.75) is 26.2 Å². The summed E-state index contributed by atoms with van der Waals surface area (Å²) in [5.41, 5.74) is 5.16. The number of aryl methyl sites for hydroxylation is 1. The molecule has 0 spiro atoms. The summed E-state index contributed by atoms with van der Waals surface area (Å²) in [5, 5.41) is 11.0. The Morgan fingerprint density at radius 3 is 2.52 bits per heavy atom. The fourth-order valence-electron chi connectivity index (χ4n) is 3.12. The van der Waals surface area contributed by atoms with Crippen molar-refractivity contribution >= 4 is 17.6 Å². The molecule has 0 saturated heterocycles. The Bertz CT molecular complexity index is 965. The molecule has 0 heterocycles. The van der Waals surface area contributed by atoms with Crippen molar-refractivity contribution in [1.29, 1.82) is 0 Å². The van der Waals surface area contributed by atoms with E-state index in [1.807, 2.05) is 60.8 Å². The Kier molecular flexibility index (Phi) is 5.77. The van der Waals surface area contributed by atoms with Crippen molar-refractivity contribution < 1.29 is 4.92 Å². The molecule has 0 radical (unpaired) electrons. The van der Waals surface area contributed by atoms with Crippen LogP contribution in [-0.2, 0) is 6.42 Å². The molecule has 27 heavy (non-hydrogen) atoms. The van der Waals surface area contributed by atoms with E-state index in [0.29, 0.717) is 5.56 Å². The highest BCUT2D eigenvalue weighted by Gasteiger charge is 2.13. The molecule has 3 rings (SSSR count). The van der Waals surface area contributed by atoms with E-state index in [4.69, 9.17) is 0 Å². The number of nitrogens with zero attached hydrogens (tertiary/aromatic N) is 2. The van der Waals surface area contributed by atoms with Gasteiger partial charge in [0.25, 0.3) is 5.69 Å². The topological polar surface area (TPSA) is 55.5 Å². The minimum atomic E-state index is -0.337. The van der Waals surface area contributed by atoms with Crippen molar-refractivity contribution in [2.75, 3.05) is 0 Å². The highest BCUT2D eigenvalue weighted by molar-refractivity contribution is 5.81. The molecule has 0 fully saturated rings. The molecular weight excluding hydrogens is 336 g/mol. The SMILES string of the molecule is Cc1cc(CC(C)c2cccc(/N=C/c3ccccc3)c2)ccc1[N+](=O)[O-]. The summed E-state index contributed by atoms with van der Waals surface area (Å²) in [6.45, 7) is 3.95. The highest BCUT2D eigenvalue weighted by atomic mass is 16.6. The van der Waals surface area contributed by atoms with Crippen LogP contribution in [0.1, 0.15) is 35.1 Å². The van der Waals surface area contributed by atoms with Crippen molar-refractivity contribution in [1.82, 2.24) is 0 Å². The molecule has 136 valence electrons. The Hall–Kier alpha value is -3.27. The predicted octanol–water partition coefficient (Wildman–Crippen LogP) is 6.00. The first-order chi connectivity index (χ1) is 13.0. The average molecular weight is 358 g/mol. The molecular formula is C23H22N2O2. The first kappa shape index (κ1) is 18.5. The van der Waals surface area contributed by atoms with E-state index in [9.17, 15) is 10.1 Å². The zero-order valence-corrected chi connectivity index (χ0v) is 15.5. The molecule has 3 aromatic rings. The minimum absolute atomic E-state index is 0.170. The van der Waals surface area contributed by atoms with E-state index < -0.39 is 0 Å². The number of rotatable bonds is 6. The lowest BCUT2D eigenvalue weighted by Gasteiger charge is -2.13. The normalized spacial score (nSPS) is 12.2. The molecule has 1 unspecified atom stereocenters. The second-order valence-electron chi connectivity index (χ2n) is 6.75. The summed E-state index contributed by atoms with van der Waals surface area (Å²) < 4.78 is 0. The molecule has 4 heteroatoms. The summed E-state index contributed by atoms with van der Waals surface area (Å²) in [5.74, 6) is 0.290. The minimum Gasteiger partial charge on any atom is -0.258 e. The number of hydrogen-bond acceptors (Lipinski definition) is 3. The van der Waals surface area contributed by atoms with Gasteiger partial charge in [-0.15, -0.1) is 0 Å². The van der Waals surface area contributed by atoms with Gasteiger partial charge in [-0.3, -0.25) is 15.1 Å². The number of nitro groups is 1. The number of benzene rings is 3. The largest absolute Gasteiger partial charge is 0.272 e. The summed E-state index contributed by atoms with van der Waals surface area (Å²) in [6, 6.07) is 23.6. The molecule has 0 saturated carbocycles. The lowest BCUT2D eigenvalue weighted by atomic mass is 9.92. The highest BCUT2D eigenvalue weighted by Crippen LogP contribution is 2.26. The van der Waals surface area contributed by atoms with Gasteiger partial charge in [-0.2, -0.15) is 0 Å². The lowest BCUT2D eigenvalue weighted by Crippen LogP contribution is -2.00. The van der Waals surface area contributed by atoms with Gasteiger partial charge in [0.05, 0.1) is 10.6 Å². The van der Waals surface area contributed by atoms with Crippen molar-refractivity contribution in [2.24, 2.45) is 4.99 Å². The molecule has 4 nitrogen and oxygen atoms in total. The van der Waals surface area contributed by atoms with Crippen LogP contribution in [0, 0.1) is 17.0 Å². The third-order valence-corrected chi connectivity index (χ3v) is 4.60. The summed E-state index contributed by atoms with van der Waals surface area (Å²) in [7, 11) is 0. The Labute approximate surface area is 159 Å². The molecule has 0 amide bonds. The van der Waals surface area contributed by atoms with Crippen LogP contribution < -0.4 is 0 Å². The Balaban J connectivity index is 1.73. The molecule has 3 aromatic carbocycles. The van der Waals surface area contributed by atoms with Crippen molar-refractivity contribution in [3.05, 3.63) is 105 Å². The first-order valence-corrected chi connectivity index (χ1v) is 8.96. The van der Waals surface area contributed by atoms with Crippen molar-refractivity contribution in [3.8, 4) is 0 Å². The Morgan fingerprint density at radius 1 is 1.04 bits per heavy atom. The van der Waals surface area contributed by atoms with E-state index in [1.165, 1.54) is 5.56 Å². The number of aliphatic imine (C=N–C) groups is 1. The maximum absolute atomic E-state index is 11.0. The van der Waals surface area contributed by atoms with Crippen LogP contribution in [0.15, 0.2) is 77.8 Å². The van der Waals surface area contributed by atoms with Crippen LogP contribution in [0.4, 0.5) is 11.4 Å². The van der Waals surface area contributed by atoms with Crippen LogP contribution in [0.25, 0.3) is 0 Å². The zero-order chi connectivity index (χ0) is 19.2. The second kappa shape index (κ2) is 8.41. The van der Waals surface area contributed by atoms with Crippen LogP contribution in [0.5, 0.6) is 0 Å². The van der Waals surface area contributed by atoms with Crippen LogP contribution >= 0.6 is 0 Å². The number of nitro benzene ring substituents is 1. The van der Waals surface area contributed by atoms with Crippen LogP contribution in [-0.4, -0.2) is 11.1 Å². The summed E-state index contributed by atoms with van der Waals surface area (Å²) in [6.07, 6.45) is 2.69. The maximum atomic E-state index is 11.0. The third-order valence-electron chi connectivity index (χ3n) is 4.60. The van der Waals surface area contributed by atoms with Gasteiger partial charge >= 0.3 is 0 Å². The van der Waals surface area contributed by atoms with Crippen LogP contribution in [0.3, 0.4) is 0 Å². The van der Waals surface area contributed by atoms with E-state index in [1.54, 1.807) is 13.0 Å². The van der Waals surface area contributed by atoms with Crippen molar-refractivity contribution in [3.63, 3.8) is 0 Å². The van der Waals surface area contributed by atoms with Gasteiger partial charge < -0.3 is 0 Å². The maximum Gasteiger partial charge on any atom is 0.272 e. The van der Waals surface area contributed by atoms with Gasteiger partial charge in [0.15, 0.2) is 0 Å². The molecule has 0 aliphatic carbocycles. The standard InChI is InChI=1S/C23H22N2O2/c1-17(13-20-11-12-23(25(26)27)18(2)14-20)21-9-6-10-22(15-21)24-16-19-7-4-3-5-8-19/h3-12,14-17H,13H2,1-2H3/b24-16+. The van der Waals surface area contributed by atoms with E-state index in [0.717, 1.165) is 23.2 Å². The van der Waals surface area contributed by atoms with Gasteiger partial charge in [0, 0.05) is 17.8 Å². The third kappa shape index (κ3) is 4.88. The fraction of sp³-hybridized carbons (Fsp3) is 0.174. The van der Waals surface area contributed by atoms with E-state index in [-0.39, 0.29) is 16.5 Å². The van der Waals surface area contributed by atoms with Gasteiger partial charge in [0.2, 0.25) is 0 Å². The van der Waals surface area contributed by atoms with E-state index >= 15 is 0 Å². The molecule has 0 bridgehead atoms. The predicted molar refractivity (Wildman–Crippen MR) is 110 cm³/mol. The van der Waals surface area contributed by atoms with Gasteiger partial charge in [-0.1, -0.05) is 55.5 Å². The lowest BCUT2D eigenvalue weighted by molar-refractivity contribution is -0.385. The first-order valence-electron chi connectivity index (χ1n) is 8.96. The van der Waals surface area contributed by atoms with Gasteiger partial charge in [-0.05, 0) is 54.2 Å². The molecule has 0 aromatic heterocycles. The average Bonchev–Trinajstić information content (AvgIpc) is 2.67. The van der Waals surface area contributed by atoms with E-state index in [2.05, 4.69) is 24.0 Å². The zero-order valence-electron chi connectivity index (χ0n) is 15.5. The molecule has 0 N–H and O–H groups in total. The summed E-state index contributed by atoms with van der Waals surface area (Å²) in [4.78, 5) is 15.2. The van der Waals surface area contributed by atoms with Gasteiger partial charge in [0.1, 0.15) is 0 Å². The van der Waals surface area contributed by atoms with Gasteiger partial charge in [-0.25, -0.2) is 0 Å². The Morgan fingerprint density at radius 2 is 1.81 bits per heavy atom. The quantitative estimate of drug-likeness (QED) is 0.308. The smallest absolute Gasteiger partial charge is 0.258 e.